The number of hydrogen-bond acceptors (Lipinski definition) is 3. The van der Waals surface area contributed by atoms with E-state index in [4.69, 9.17) is 11.6 Å². The molecule has 2 aromatic rings. The molecule has 1 N–H and O–H groups in total. The number of carbonyl (C=O) groups excluding carboxylic acids is 1. The second kappa shape index (κ2) is 6.12. The van der Waals surface area contributed by atoms with Crippen LogP contribution in [0.1, 0.15) is 21.9 Å². The average molecular weight is 341 g/mol. The fourth-order valence-corrected chi connectivity index (χ4v) is 2.13. The Kier molecular flexibility index (Phi) is 4.50. The Morgan fingerprint density at radius 3 is 2.95 bits per heavy atom. The van der Waals surface area contributed by atoms with Crippen LogP contribution in [0.25, 0.3) is 0 Å². The second-order valence-corrected chi connectivity index (χ2v) is 5.11. The Hall–Kier alpha value is -1.46. The van der Waals surface area contributed by atoms with Crippen molar-refractivity contribution in [3.05, 3.63) is 57.0 Å². The molecule has 0 atom stereocenters. The Balaban J connectivity index is 2.08. The van der Waals surface area contributed by atoms with Crippen LogP contribution in [0.3, 0.4) is 0 Å². The number of nitrogens with one attached hydrogen (secondary N) is 1. The first kappa shape index (κ1) is 14.0. The van der Waals surface area contributed by atoms with Gasteiger partial charge in [0.15, 0.2) is 0 Å². The lowest BCUT2D eigenvalue weighted by Crippen LogP contribution is -2.23. The first-order valence-corrected chi connectivity index (χ1v) is 6.76. The van der Waals surface area contributed by atoms with Crippen LogP contribution in [0.15, 0.2) is 34.9 Å². The van der Waals surface area contributed by atoms with Crippen LogP contribution in [0.2, 0.25) is 5.02 Å². The van der Waals surface area contributed by atoms with Gasteiger partial charge < -0.3 is 5.32 Å². The van der Waals surface area contributed by atoms with E-state index in [9.17, 15) is 4.79 Å². The number of halogens is 2. The van der Waals surface area contributed by atoms with Gasteiger partial charge in [-0.2, -0.15) is 0 Å². The van der Waals surface area contributed by atoms with Gasteiger partial charge in [0.05, 0.1) is 22.8 Å². The van der Waals surface area contributed by atoms with Crippen molar-refractivity contribution in [2.24, 2.45) is 0 Å². The van der Waals surface area contributed by atoms with Crippen LogP contribution in [-0.4, -0.2) is 15.9 Å². The normalized spacial score (nSPS) is 10.3. The van der Waals surface area contributed by atoms with E-state index in [1.54, 1.807) is 37.4 Å². The van der Waals surface area contributed by atoms with Crippen molar-refractivity contribution in [3.63, 3.8) is 0 Å². The number of carbonyl (C=O) groups is 1. The quantitative estimate of drug-likeness (QED) is 0.934. The van der Waals surface area contributed by atoms with Gasteiger partial charge in [-0.1, -0.05) is 17.7 Å². The number of benzene rings is 1. The van der Waals surface area contributed by atoms with Crippen LogP contribution in [0, 0.1) is 6.92 Å². The maximum atomic E-state index is 12.0. The molecule has 2 rings (SSSR count). The molecule has 4 nitrogen and oxygen atoms in total. The second-order valence-electron chi connectivity index (χ2n) is 3.88. The number of amides is 1. The van der Waals surface area contributed by atoms with E-state index in [2.05, 4.69) is 31.2 Å². The minimum atomic E-state index is -0.234. The molecule has 0 saturated carbocycles. The molecule has 0 unspecified atom stereocenters. The van der Waals surface area contributed by atoms with Gasteiger partial charge in [-0.05, 0) is 41.1 Å². The first-order valence-electron chi connectivity index (χ1n) is 5.58. The molecule has 6 heteroatoms. The summed E-state index contributed by atoms with van der Waals surface area (Å²) >= 11 is 9.35. The topological polar surface area (TPSA) is 54.9 Å². The Morgan fingerprint density at radius 2 is 2.21 bits per heavy atom. The molecular weight excluding hydrogens is 330 g/mol. The minimum absolute atomic E-state index is 0.234. The van der Waals surface area contributed by atoms with Crippen molar-refractivity contribution in [2.45, 2.75) is 13.5 Å². The smallest absolute Gasteiger partial charge is 0.253 e. The van der Waals surface area contributed by atoms with Gasteiger partial charge >= 0.3 is 0 Å². The summed E-state index contributed by atoms with van der Waals surface area (Å²) in [6, 6.07) is 6.98. The van der Waals surface area contributed by atoms with Gasteiger partial charge in [-0.25, -0.2) is 9.97 Å². The van der Waals surface area contributed by atoms with Gasteiger partial charge in [0.2, 0.25) is 0 Å². The van der Waals surface area contributed by atoms with E-state index in [0.29, 0.717) is 27.4 Å². The maximum Gasteiger partial charge on any atom is 0.253 e. The van der Waals surface area contributed by atoms with E-state index in [1.165, 1.54) is 0 Å². The summed E-state index contributed by atoms with van der Waals surface area (Å²) in [5.41, 5.74) is 1.19. The van der Waals surface area contributed by atoms with Gasteiger partial charge in [-0.3, -0.25) is 4.79 Å². The molecule has 0 spiro atoms. The number of hydrogen-bond donors (Lipinski definition) is 1. The standard InChI is InChI=1S/C13H11BrClN3O/c1-8-16-6-5-9(18-8)7-17-13(19)10-3-2-4-11(14)12(10)15/h2-6H,7H2,1H3,(H,17,19). The largest absolute Gasteiger partial charge is 0.346 e. The summed E-state index contributed by atoms with van der Waals surface area (Å²) in [5, 5.41) is 3.18. The highest BCUT2D eigenvalue weighted by Crippen LogP contribution is 2.25. The van der Waals surface area contributed by atoms with E-state index in [1.807, 2.05) is 0 Å². The van der Waals surface area contributed by atoms with Crippen LogP contribution in [0.5, 0.6) is 0 Å². The molecule has 0 bridgehead atoms. The third-order valence-corrected chi connectivity index (χ3v) is 3.76. The average Bonchev–Trinajstić information content (AvgIpc) is 2.39. The molecule has 1 amide bonds. The van der Waals surface area contributed by atoms with Crippen LogP contribution >= 0.6 is 27.5 Å². The highest BCUT2D eigenvalue weighted by atomic mass is 79.9. The molecule has 0 saturated heterocycles. The predicted octanol–water partition coefficient (Wildman–Crippen LogP) is 3.13. The Bertz CT molecular complexity index is 619. The molecule has 1 aromatic carbocycles. The summed E-state index contributed by atoms with van der Waals surface area (Å²) in [4.78, 5) is 20.2. The lowest BCUT2D eigenvalue weighted by Gasteiger charge is -2.07. The fraction of sp³-hybridized carbons (Fsp3) is 0.154. The molecule has 98 valence electrons. The van der Waals surface area contributed by atoms with Gasteiger partial charge in [0.25, 0.3) is 5.91 Å². The lowest BCUT2D eigenvalue weighted by molar-refractivity contribution is 0.0950. The van der Waals surface area contributed by atoms with E-state index in [-0.39, 0.29) is 5.91 Å². The number of nitrogens with zero attached hydrogens (tertiary/aromatic N) is 2. The molecular formula is C13H11BrClN3O. The van der Waals surface area contributed by atoms with Crippen molar-refractivity contribution in [3.8, 4) is 0 Å². The SMILES string of the molecule is Cc1nccc(CNC(=O)c2cccc(Br)c2Cl)n1. The van der Waals surface area contributed by atoms with E-state index < -0.39 is 0 Å². The zero-order valence-corrected chi connectivity index (χ0v) is 12.5. The molecule has 1 aromatic heterocycles. The Labute approximate surface area is 124 Å². The first-order chi connectivity index (χ1) is 9.08. The zero-order valence-electron chi connectivity index (χ0n) is 10.2. The fourth-order valence-electron chi connectivity index (χ4n) is 1.55. The van der Waals surface area contributed by atoms with Gasteiger partial charge in [-0.15, -0.1) is 0 Å². The van der Waals surface area contributed by atoms with Crippen molar-refractivity contribution in [2.75, 3.05) is 0 Å². The monoisotopic (exact) mass is 339 g/mol. The van der Waals surface area contributed by atoms with Crippen LogP contribution in [-0.2, 0) is 6.54 Å². The van der Waals surface area contributed by atoms with E-state index in [0.717, 1.165) is 5.69 Å². The van der Waals surface area contributed by atoms with Crippen molar-refractivity contribution < 1.29 is 4.79 Å². The van der Waals surface area contributed by atoms with Crippen LogP contribution < -0.4 is 5.32 Å². The summed E-state index contributed by atoms with van der Waals surface area (Å²) in [6.45, 7) is 2.14. The summed E-state index contributed by atoms with van der Waals surface area (Å²) < 4.78 is 0.694. The molecule has 0 aliphatic heterocycles. The summed E-state index contributed by atoms with van der Waals surface area (Å²) in [7, 11) is 0. The lowest BCUT2D eigenvalue weighted by atomic mass is 10.2. The molecule has 0 radical (unpaired) electrons. The number of aromatic nitrogens is 2. The summed E-state index contributed by atoms with van der Waals surface area (Å²) in [5.74, 6) is 0.440. The minimum Gasteiger partial charge on any atom is -0.346 e. The molecule has 1 heterocycles. The van der Waals surface area contributed by atoms with Crippen molar-refractivity contribution in [1.29, 1.82) is 0 Å². The Morgan fingerprint density at radius 1 is 1.42 bits per heavy atom. The van der Waals surface area contributed by atoms with Crippen molar-refractivity contribution >= 4 is 33.4 Å². The van der Waals surface area contributed by atoms with Crippen LogP contribution in [0.4, 0.5) is 0 Å². The zero-order chi connectivity index (χ0) is 13.8. The van der Waals surface area contributed by atoms with Crippen molar-refractivity contribution in [1.82, 2.24) is 15.3 Å². The summed E-state index contributed by atoms with van der Waals surface area (Å²) in [6.07, 6.45) is 1.66. The maximum absolute atomic E-state index is 12.0. The van der Waals surface area contributed by atoms with E-state index >= 15 is 0 Å². The molecule has 0 aliphatic carbocycles. The molecule has 0 aliphatic rings. The number of aryl methyl sites for hydroxylation is 1. The highest BCUT2D eigenvalue weighted by Gasteiger charge is 2.12. The third-order valence-electron chi connectivity index (χ3n) is 2.46. The molecule has 19 heavy (non-hydrogen) atoms. The molecule has 0 fully saturated rings. The van der Waals surface area contributed by atoms with Gasteiger partial charge in [0, 0.05) is 10.7 Å². The predicted molar refractivity (Wildman–Crippen MR) is 77.1 cm³/mol. The van der Waals surface area contributed by atoms with Gasteiger partial charge in [0.1, 0.15) is 5.82 Å². The third kappa shape index (κ3) is 3.52. The highest BCUT2D eigenvalue weighted by molar-refractivity contribution is 9.10. The number of rotatable bonds is 3.